The Morgan fingerprint density at radius 3 is 2.15 bits per heavy atom. The van der Waals surface area contributed by atoms with Crippen molar-refractivity contribution < 1.29 is 71.4 Å². The molecule has 1 fully saturated rings. The van der Waals surface area contributed by atoms with Crippen LogP contribution in [0.1, 0.15) is 162 Å². The number of hydrogen-bond donors (Lipinski definition) is 6. The summed E-state index contributed by atoms with van der Waals surface area (Å²) >= 11 is 0. The number of phosphoric ester groups is 2. The highest BCUT2D eigenvalue weighted by Gasteiger charge is 2.46. The van der Waals surface area contributed by atoms with Gasteiger partial charge in [0.05, 0.1) is 19.3 Å². The summed E-state index contributed by atoms with van der Waals surface area (Å²) in [6, 6.07) is 1.24. The van der Waals surface area contributed by atoms with Crippen LogP contribution in [0.4, 0.5) is 5.82 Å². The van der Waals surface area contributed by atoms with Crippen LogP contribution >= 0.6 is 15.6 Å². The number of ether oxygens (including phenoxy) is 3. The smallest absolute Gasteiger partial charge is 0.462 e. The molecule has 2 rings (SSSR count). The van der Waals surface area contributed by atoms with Gasteiger partial charge in [-0.1, -0.05) is 141 Å². The summed E-state index contributed by atoms with van der Waals surface area (Å²) in [5.74, 6) is -0.796. The van der Waals surface area contributed by atoms with Crippen LogP contribution in [0.3, 0.4) is 0 Å². The van der Waals surface area contributed by atoms with Crippen molar-refractivity contribution >= 4 is 33.4 Å². The van der Waals surface area contributed by atoms with Gasteiger partial charge in [0.15, 0.2) is 12.3 Å². The molecule has 0 amide bonds. The number of hydrogen-bond acceptors (Lipinski definition) is 16. The molecule has 19 nitrogen and oxygen atoms in total. The Kier molecular flexibility index (Phi) is 30.7. The Labute approximate surface area is 396 Å². The van der Waals surface area contributed by atoms with E-state index in [-0.39, 0.29) is 31.5 Å². The average molecular weight is 992 g/mol. The van der Waals surface area contributed by atoms with Gasteiger partial charge in [0.2, 0.25) is 0 Å². The molecule has 1 aliphatic rings. The number of aliphatic hydroxyl groups is 3. The number of unbranched alkanes of at least 4 members (excludes halogenated alkanes) is 13. The van der Waals surface area contributed by atoms with Crippen molar-refractivity contribution in [2.24, 2.45) is 5.92 Å². The lowest BCUT2D eigenvalue weighted by Gasteiger charge is -2.21. The van der Waals surface area contributed by atoms with E-state index in [1.165, 1.54) is 70.3 Å². The standard InChI is InChI=1S/C46H79N3O16P2/c1-4-5-6-7-8-9-10-11-12-13-17-20-23-27-37(50)28-25-30-42(52)63-38(33-60-41(51)29-24-21-18-15-14-16-19-22-26-36(2)3)34-61-66(56,57)65-67(58,59)62-35-39-43(53)44(54)45(64-39)49-32-31-40(47)48-46(49)55/h11-12,17,20,23,27,31-32,36-39,43-45,50,53-54H,4-10,13-16,18-19,21-22,24-26,28-30,33-35H2,1-3H3,(H,56,57)(H,58,59)(H2,47,48,55)/b12-11+,20-17+,27-23+/t37?,38-,39-,43-,44-,45-/m1/s1. The number of nitrogens with two attached hydrogens (primary N) is 1. The lowest BCUT2D eigenvalue weighted by molar-refractivity contribution is -0.161. The predicted octanol–water partition coefficient (Wildman–Crippen LogP) is 8.05. The first-order valence-corrected chi connectivity index (χ1v) is 27.0. The quantitative estimate of drug-likeness (QED) is 0.0120. The number of carbonyl (C=O) groups excluding carboxylic acids is 2. The van der Waals surface area contributed by atoms with Gasteiger partial charge in [-0.05, 0) is 50.5 Å². The number of phosphoric acid groups is 2. The fourth-order valence-electron chi connectivity index (χ4n) is 6.98. The summed E-state index contributed by atoms with van der Waals surface area (Å²) in [5, 5.41) is 31.2. The van der Waals surface area contributed by atoms with Crippen LogP contribution in [-0.2, 0) is 46.3 Å². The number of nitrogens with zero attached hydrogens (tertiary/aromatic N) is 2. The normalized spacial score (nSPS) is 20.4. The topological polar surface area (TPSA) is 286 Å². The largest absolute Gasteiger partial charge is 0.481 e. The van der Waals surface area contributed by atoms with Crippen LogP contribution < -0.4 is 11.4 Å². The zero-order chi connectivity index (χ0) is 49.5. The summed E-state index contributed by atoms with van der Waals surface area (Å²) in [6.07, 6.45) is 22.9. The highest BCUT2D eigenvalue weighted by Crippen LogP contribution is 2.60. The second-order valence-corrected chi connectivity index (χ2v) is 20.3. The molecule has 0 bridgehead atoms. The molecule has 3 unspecified atom stereocenters. The third-order valence-corrected chi connectivity index (χ3v) is 13.4. The molecular formula is C46H79N3O16P2. The maximum absolute atomic E-state index is 12.8. The van der Waals surface area contributed by atoms with Crippen molar-refractivity contribution in [1.82, 2.24) is 9.55 Å². The number of carbonyl (C=O) groups is 2. The van der Waals surface area contributed by atoms with E-state index in [2.05, 4.69) is 42.2 Å². The van der Waals surface area contributed by atoms with Gasteiger partial charge in [0.1, 0.15) is 30.7 Å². The first-order chi connectivity index (χ1) is 31.9. The van der Waals surface area contributed by atoms with Gasteiger partial charge >= 0.3 is 33.3 Å². The fraction of sp³-hybridized carbons (Fsp3) is 0.739. The molecule has 0 aliphatic carbocycles. The van der Waals surface area contributed by atoms with E-state index in [0.717, 1.165) is 49.3 Å². The number of aromatic nitrogens is 2. The second-order valence-electron chi connectivity index (χ2n) is 17.3. The maximum atomic E-state index is 12.8. The van der Waals surface area contributed by atoms with Crippen molar-refractivity contribution in [1.29, 1.82) is 0 Å². The van der Waals surface area contributed by atoms with Crippen LogP contribution in [0.15, 0.2) is 53.5 Å². The fourth-order valence-corrected chi connectivity index (χ4v) is 9.09. The SMILES string of the molecule is CCCCCCCC/C=C/C/C=C/C=C/C(O)CCCC(=O)O[C@H](COC(=O)CCCCCCCCCCC(C)C)COP(=O)(O)OP(=O)(O)OC[C@H]1O[C@@H](n2ccc(N)nc2=O)[C@H](O)[C@@H]1O. The van der Waals surface area contributed by atoms with E-state index >= 15 is 0 Å². The average Bonchev–Trinajstić information content (AvgIpc) is 3.54. The van der Waals surface area contributed by atoms with Gasteiger partial charge in [-0.2, -0.15) is 9.29 Å². The number of esters is 2. The minimum absolute atomic E-state index is 0.0872. The molecule has 1 aliphatic heterocycles. The van der Waals surface area contributed by atoms with E-state index in [4.69, 9.17) is 29.0 Å². The molecule has 1 aromatic heterocycles. The number of anilines is 1. The van der Waals surface area contributed by atoms with Gasteiger partial charge < -0.3 is 45.1 Å². The molecule has 8 atom stereocenters. The Hall–Kier alpha value is -3.06. The van der Waals surface area contributed by atoms with Crippen LogP contribution in [0.5, 0.6) is 0 Å². The number of nitrogen functional groups attached to an aromatic ring is 1. The van der Waals surface area contributed by atoms with Gasteiger partial charge in [-0.15, -0.1) is 0 Å². The molecule has 0 radical (unpaired) electrons. The monoisotopic (exact) mass is 991 g/mol. The van der Waals surface area contributed by atoms with Crippen LogP contribution in [0.2, 0.25) is 0 Å². The molecular weight excluding hydrogens is 912 g/mol. The second kappa shape index (κ2) is 34.3. The summed E-state index contributed by atoms with van der Waals surface area (Å²) in [7, 11) is -10.9. The van der Waals surface area contributed by atoms with E-state index in [1.54, 1.807) is 12.2 Å². The van der Waals surface area contributed by atoms with Crippen LogP contribution in [-0.4, -0.2) is 96.9 Å². The number of aliphatic hydroxyl groups excluding tert-OH is 3. The Bertz CT molecular complexity index is 1790. The minimum Gasteiger partial charge on any atom is -0.462 e. The van der Waals surface area contributed by atoms with Gasteiger partial charge in [0, 0.05) is 19.0 Å². The first kappa shape index (κ1) is 60.1. The lowest BCUT2D eigenvalue weighted by Crippen LogP contribution is -2.36. The van der Waals surface area contributed by atoms with E-state index < -0.39 is 89.8 Å². The number of allylic oxidation sites excluding steroid dienone is 5. The summed E-state index contributed by atoms with van der Waals surface area (Å²) < 4.78 is 56.5. The first-order valence-electron chi connectivity index (χ1n) is 24.0. The summed E-state index contributed by atoms with van der Waals surface area (Å²) in [5.41, 5.74) is 4.56. The van der Waals surface area contributed by atoms with Gasteiger partial charge in [-0.3, -0.25) is 23.2 Å². The highest BCUT2D eigenvalue weighted by molar-refractivity contribution is 7.61. The Balaban J connectivity index is 1.88. The zero-order valence-electron chi connectivity index (χ0n) is 39.7. The van der Waals surface area contributed by atoms with Crippen molar-refractivity contribution in [2.75, 3.05) is 25.6 Å². The van der Waals surface area contributed by atoms with Crippen molar-refractivity contribution in [3.8, 4) is 0 Å². The lowest BCUT2D eigenvalue weighted by atomic mass is 10.0. The molecule has 0 saturated carbocycles. The molecule has 1 saturated heterocycles. The molecule has 1 aromatic rings. The number of rotatable bonds is 38. The van der Waals surface area contributed by atoms with E-state index in [0.29, 0.717) is 12.3 Å². The van der Waals surface area contributed by atoms with Crippen molar-refractivity contribution in [3.05, 3.63) is 59.2 Å². The Morgan fingerprint density at radius 2 is 1.46 bits per heavy atom. The molecule has 67 heavy (non-hydrogen) atoms. The summed E-state index contributed by atoms with van der Waals surface area (Å²) in [6.45, 7) is 4.19. The molecule has 21 heteroatoms. The molecule has 2 heterocycles. The molecule has 0 aromatic carbocycles. The molecule has 7 N–H and O–H groups in total. The van der Waals surface area contributed by atoms with E-state index in [9.17, 15) is 48.6 Å². The van der Waals surface area contributed by atoms with Gasteiger partial charge in [-0.25, -0.2) is 13.9 Å². The van der Waals surface area contributed by atoms with Crippen molar-refractivity contribution in [3.63, 3.8) is 0 Å². The molecule has 0 spiro atoms. The summed E-state index contributed by atoms with van der Waals surface area (Å²) in [4.78, 5) is 61.7. The molecule has 384 valence electrons. The van der Waals surface area contributed by atoms with Gasteiger partial charge in [0.25, 0.3) is 0 Å². The maximum Gasteiger partial charge on any atom is 0.481 e. The predicted molar refractivity (Wildman–Crippen MR) is 253 cm³/mol. The van der Waals surface area contributed by atoms with Crippen molar-refractivity contribution in [2.45, 2.75) is 192 Å². The third-order valence-electron chi connectivity index (χ3n) is 10.8. The van der Waals surface area contributed by atoms with Crippen LogP contribution in [0.25, 0.3) is 0 Å². The van der Waals surface area contributed by atoms with E-state index in [1.807, 2.05) is 12.2 Å². The third kappa shape index (κ3) is 28.3. The Morgan fingerprint density at radius 1 is 0.821 bits per heavy atom. The minimum atomic E-state index is -5.46. The van der Waals surface area contributed by atoms with Crippen LogP contribution in [0, 0.1) is 5.92 Å². The highest BCUT2D eigenvalue weighted by atomic mass is 31.3. The zero-order valence-corrected chi connectivity index (χ0v) is 41.5.